The molecule has 0 aliphatic carbocycles. The molecular weight excluding hydrogens is 311 g/mol. The number of ether oxygens (including phenoxy) is 3. The topological polar surface area (TPSA) is 43.0 Å². The molecule has 0 spiro atoms. The van der Waals surface area contributed by atoms with Crippen molar-refractivity contribution in [3.05, 3.63) is 17.7 Å². The van der Waals surface area contributed by atoms with Gasteiger partial charge in [0, 0.05) is 32.2 Å². The molecule has 0 aromatic heterocycles. The number of methoxy groups -OCH3 is 1. The van der Waals surface area contributed by atoms with E-state index in [1.165, 1.54) is 0 Å². The Morgan fingerprint density at radius 1 is 1.32 bits per heavy atom. The minimum absolute atomic E-state index is 0. The number of nitrogens with zero attached hydrogens (tertiary/aromatic N) is 1. The van der Waals surface area contributed by atoms with Crippen molar-refractivity contribution in [2.24, 2.45) is 0 Å². The van der Waals surface area contributed by atoms with Crippen LogP contribution in [0.3, 0.4) is 0 Å². The number of hydrogen-bond acceptors (Lipinski definition) is 5. The summed E-state index contributed by atoms with van der Waals surface area (Å²) in [5.41, 5.74) is 1.02. The van der Waals surface area contributed by atoms with E-state index in [4.69, 9.17) is 14.2 Å². The average molecular weight is 333 g/mol. The Kier molecular flexibility index (Phi) is 6.11. The lowest BCUT2D eigenvalue weighted by atomic mass is 10.0. The highest BCUT2D eigenvalue weighted by atomic mass is 35.5. The number of rotatable bonds is 5. The molecule has 0 unspecified atom stereocenters. The van der Waals surface area contributed by atoms with Crippen LogP contribution in [0.1, 0.15) is 18.0 Å². The fourth-order valence-corrected chi connectivity index (χ4v) is 3.00. The van der Waals surface area contributed by atoms with E-state index in [0.717, 1.165) is 31.7 Å². The first-order chi connectivity index (χ1) is 10.3. The maximum Gasteiger partial charge on any atom is 0.231 e. The summed E-state index contributed by atoms with van der Waals surface area (Å²) in [6.45, 7) is 3.57. The quantitative estimate of drug-likeness (QED) is 0.895. The number of fused-ring (bicyclic) bond motifs is 1. The lowest BCUT2D eigenvalue weighted by Gasteiger charge is -2.35. The maximum absolute atomic E-state index is 13.0. The molecule has 1 atom stereocenters. The molecule has 1 aromatic carbocycles. The van der Waals surface area contributed by atoms with Gasteiger partial charge in [-0.2, -0.15) is 0 Å². The first-order valence-electron chi connectivity index (χ1n) is 7.31. The van der Waals surface area contributed by atoms with Gasteiger partial charge in [-0.3, -0.25) is 9.29 Å². The predicted octanol–water partition coefficient (Wildman–Crippen LogP) is 2.15. The molecule has 2 aliphatic heterocycles. The smallest absolute Gasteiger partial charge is 0.231 e. The van der Waals surface area contributed by atoms with Gasteiger partial charge < -0.3 is 19.5 Å². The summed E-state index contributed by atoms with van der Waals surface area (Å²) in [7, 11) is 1.61. The van der Waals surface area contributed by atoms with Crippen molar-refractivity contribution in [3.63, 3.8) is 0 Å². The summed E-state index contributed by atoms with van der Waals surface area (Å²) < 4.78 is 29.3. The summed E-state index contributed by atoms with van der Waals surface area (Å²) in [5, 5.41) is 3.32. The van der Waals surface area contributed by atoms with Crippen LogP contribution in [0.5, 0.6) is 17.2 Å². The van der Waals surface area contributed by atoms with Crippen molar-refractivity contribution < 1.29 is 18.6 Å². The summed E-state index contributed by atoms with van der Waals surface area (Å²) >= 11 is 0. The minimum atomic E-state index is -0.342. The Morgan fingerprint density at radius 3 is 2.77 bits per heavy atom. The van der Waals surface area contributed by atoms with Crippen LogP contribution in [-0.4, -0.2) is 51.7 Å². The maximum atomic E-state index is 13.0. The van der Waals surface area contributed by atoms with Gasteiger partial charge in [0.15, 0.2) is 11.5 Å². The molecular formula is C15H22ClFN2O3. The molecule has 1 aromatic rings. The second-order valence-corrected chi connectivity index (χ2v) is 5.24. The Labute approximate surface area is 136 Å². The van der Waals surface area contributed by atoms with Crippen LogP contribution in [0.4, 0.5) is 4.39 Å². The number of nitrogens with one attached hydrogen (secondary N) is 1. The summed E-state index contributed by atoms with van der Waals surface area (Å²) in [6, 6.07) is 3.93. The molecule has 1 N–H and O–H groups in total. The standard InChI is InChI=1S/C15H21FN2O3.ClH/c1-19-13-8-11(9-14-15(13)21-10-20-14)12(2-3-16)18-6-4-17-5-7-18;/h8-9,12,17H,2-7,10H2,1H3;1H/t12-;/m1./s1. The van der Waals surface area contributed by atoms with Crippen molar-refractivity contribution in [2.75, 3.05) is 46.8 Å². The molecule has 22 heavy (non-hydrogen) atoms. The number of piperazine rings is 1. The highest BCUT2D eigenvalue weighted by molar-refractivity contribution is 5.85. The van der Waals surface area contributed by atoms with Crippen LogP contribution in [0.2, 0.25) is 0 Å². The van der Waals surface area contributed by atoms with Crippen molar-refractivity contribution in [1.82, 2.24) is 10.2 Å². The Morgan fingerprint density at radius 2 is 2.09 bits per heavy atom. The molecule has 0 radical (unpaired) electrons. The van der Waals surface area contributed by atoms with Crippen molar-refractivity contribution in [1.29, 1.82) is 0 Å². The zero-order chi connectivity index (χ0) is 14.7. The van der Waals surface area contributed by atoms with Gasteiger partial charge >= 0.3 is 0 Å². The van der Waals surface area contributed by atoms with Gasteiger partial charge in [0.2, 0.25) is 12.5 Å². The first kappa shape index (κ1) is 17.1. The van der Waals surface area contributed by atoms with Crippen LogP contribution in [0.15, 0.2) is 12.1 Å². The number of benzene rings is 1. The Bertz CT molecular complexity index is 498. The monoisotopic (exact) mass is 332 g/mol. The van der Waals surface area contributed by atoms with E-state index in [1.807, 2.05) is 12.1 Å². The zero-order valence-electron chi connectivity index (χ0n) is 12.6. The molecule has 3 rings (SSSR count). The molecule has 7 heteroatoms. The molecule has 0 amide bonds. The third-order valence-electron chi connectivity index (χ3n) is 4.04. The lowest BCUT2D eigenvalue weighted by Crippen LogP contribution is -2.45. The van der Waals surface area contributed by atoms with Crippen LogP contribution < -0.4 is 19.5 Å². The molecule has 1 saturated heterocycles. The number of halogens is 2. The fourth-order valence-electron chi connectivity index (χ4n) is 3.00. The zero-order valence-corrected chi connectivity index (χ0v) is 13.5. The summed E-state index contributed by atoms with van der Waals surface area (Å²) in [5.74, 6) is 1.97. The Hall–Kier alpha value is -1.24. The largest absolute Gasteiger partial charge is 0.493 e. The second-order valence-electron chi connectivity index (χ2n) is 5.24. The van der Waals surface area contributed by atoms with Crippen molar-refractivity contribution in [2.45, 2.75) is 12.5 Å². The normalized spacial score (nSPS) is 18.6. The second kappa shape index (κ2) is 7.85. The third kappa shape index (κ3) is 3.39. The number of hydrogen-bond donors (Lipinski definition) is 1. The van der Waals surface area contributed by atoms with Crippen LogP contribution in [0.25, 0.3) is 0 Å². The lowest BCUT2D eigenvalue weighted by molar-refractivity contribution is 0.157. The summed E-state index contributed by atoms with van der Waals surface area (Å²) in [6.07, 6.45) is 0.475. The summed E-state index contributed by atoms with van der Waals surface area (Å²) in [4.78, 5) is 2.31. The molecule has 124 valence electrons. The van der Waals surface area contributed by atoms with Gasteiger partial charge in [-0.25, -0.2) is 0 Å². The highest BCUT2D eigenvalue weighted by Crippen LogP contribution is 2.44. The highest BCUT2D eigenvalue weighted by Gasteiger charge is 2.27. The van der Waals surface area contributed by atoms with E-state index < -0.39 is 0 Å². The van der Waals surface area contributed by atoms with Crippen LogP contribution in [0, 0.1) is 0 Å². The van der Waals surface area contributed by atoms with Crippen LogP contribution >= 0.6 is 12.4 Å². The minimum Gasteiger partial charge on any atom is -0.493 e. The third-order valence-corrected chi connectivity index (χ3v) is 4.04. The molecule has 2 heterocycles. The van der Waals surface area contributed by atoms with E-state index in [9.17, 15) is 4.39 Å². The molecule has 0 saturated carbocycles. The van der Waals surface area contributed by atoms with Gasteiger partial charge in [-0.05, 0) is 24.1 Å². The first-order valence-corrected chi connectivity index (χ1v) is 7.31. The predicted molar refractivity (Wildman–Crippen MR) is 84.1 cm³/mol. The van der Waals surface area contributed by atoms with E-state index in [0.29, 0.717) is 23.7 Å². The van der Waals surface area contributed by atoms with Gasteiger partial charge in [0.1, 0.15) is 0 Å². The van der Waals surface area contributed by atoms with Crippen molar-refractivity contribution in [3.8, 4) is 17.2 Å². The molecule has 1 fully saturated rings. The fraction of sp³-hybridized carbons (Fsp3) is 0.600. The van der Waals surface area contributed by atoms with Gasteiger partial charge in [0.25, 0.3) is 0 Å². The van der Waals surface area contributed by atoms with Crippen LogP contribution in [-0.2, 0) is 0 Å². The SMILES string of the molecule is COc1cc([C@@H](CCF)N2CCNCC2)cc2c1OCO2.Cl. The number of alkyl halides is 1. The van der Waals surface area contributed by atoms with Crippen molar-refractivity contribution >= 4 is 12.4 Å². The molecule has 2 aliphatic rings. The van der Waals surface area contributed by atoms with Gasteiger partial charge in [-0.1, -0.05) is 0 Å². The van der Waals surface area contributed by atoms with Gasteiger partial charge in [0.05, 0.1) is 13.8 Å². The van der Waals surface area contributed by atoms with E-state index >= 15 is 0 Å². The van der Waals surface area contributed by atoms with E-state index in [-0.39, 0.29) is 31.9 Å². The molecule has 5 nitrogen and oxygen atoms in total. The van der Waals surface area contributed by atoms with E-state index in [2.05, 4.69) is 10.2 Å². The van der Waals surface area contributed by atoms with E-state index in [1.54, 1.807) is 7.11 Å². The Balaban J connectivity index is 0.00000176. The molecule has 0 bridgehead atoms. The average Bonchev–Trinajstić information content (AvgIpc) is 3.01. The van der Waals surface area contributed by atoms with Gasteiger partial charge in [-0.15, -0.1) is 12.4 Å².